The molecule has 0 aromatic heterocycles. The first-order valence-electron chi connectivity index (χ1n) is 9.01. The summed E-state index contributed by atoms with van der Waals surface area (Å²) in [6.45, 7) is 7.23. The average molecular weight is 292 g/mol. The van der Waals surface area contributed by atoms with Gasteiger partial charge in [-0.05, 0) is 41.6 Å². The van der Waals surface area contributed by atoms with Gasteiger partial charge in [0.15, 0.2) is 0 Å². The summed E-state index contributed by atoms with van der Waals surface area (Å²) in [5, 5.41) is 0. The number of allylic oxidation sites excluding steroid dienone is 4. The molecule has 0 saturated heterocycles. The lowest BCUT2D eigenvalue weighted by atomic mass is 9.54. The van der Waals surface area contributed by atoms with Crippen LogP contribution in [0.15, 0.2) is 54.1 Å². The Kier molecular flexibility index (Phi) is 2.99. The van der Waals surface area contributed by atoms with Crippen LogP contribution in [0.25, 0.3) is 0 Å². The van der Waals surface area contributed by atoms with Crippen molar-refractivity contribution in [3.63, 3.8) is 0 Å². The quantitative estimate of drug-likeness (QED) is 0.582. The summed E-state index contributed by atoms with van der Waals surface area (Å²) >= 11 is 0. The third-order valence-electron chi connectivity index (χ3n) is 6.95. The first kappa shape index (κ1) is 14.3. The minimum absolute atomic E-state index is 0.152. The van der Waals surface area contributed by atoms with Gasteiger partial charge in [-0.25, -0.2) is 0 Å². The highest BCUT2D eigenvalue weighted by Gasteiger charge is 2.69. The number of hydrogen-bond acceptors (Lipinski definition) is 0. The van der Waals surface area contributed by atoms with Gasteiger partial charge in [-0.1, -0.05) is 87.7 Å². The Morgan fingerprint density at radius 3 is 2.45 bits per heavy atom. The summed E-state index contributed by atoms with van der Waals surface area (Å²) in [5.74, 6) is 0.630. The molecule has 0 nitrogen and oxygen atoms in total. The lowest BCUT2D eigenvalue weighted by Gasteiger charge is -2.49. The van der Waals surface area contributed by atoms with Gasteiger partial charge in [0.25, 0.3) is 0 Å². The molecule has 116 valence electrons. The van der Waals surface area contributed by atoms with E-state index >= 15 is 0 Å². The fourth-order valence-corrected chi connectivity index (χ4v) is 5.95. The summed E-state index contributed by atoms with van der Waals surface area (Å²) in [5.41, 5.74) is 4.16. The normalized spacial score (nSPS) is 41.4. The standard InChI is InChI=1S/C22H28/c1-17(2)15-19-16-21-12-8-7-11-20(21,3)22(19,14-13-21)18-9-5-4-6-10-18/h4-6,9-10,13-15,17H,7-8,11-12,16H2,1-3H3/b19-15+/t20-,21+,22+/m0/s1. The van der Waals surface area contributed by atoms with Crippen molar-refractivity contribution < 1.29 is 0 Å². The Morgan fingerprint density at radius 2 is 1.73 bits per heavy atom. The molecule has 0 unspecified atom stereocenters. The number of rotatable bonds is 2. The van der Waals surface area contributed by atoms with E-state index in [0.717, 1.165) is 0 Å². The number of benzene rings is 1. The van der Waals surface area contributed by atoms with Gasteiger partial charge in [-0.15, -0.1) is 0 Å². The fourth-order valence-electron chi connectivity index (χ4n) is 5.95. The first-order chi connectivity index (χ1) is 10.5. The van der Waals surface area contributed by atoms with Crippen LogP contribution in [0.4, 0.5) is 0 Å². The van der Waals surface area contributed by atoms with E-state index in [-0.39, 0.29) is 5.41 Å². The Labute approximate surface area is 135 Å². The summed E-state index contributed by atoms with van der Waals surface area (Å²) in [7, 11) is 0. The van der Waals surface area contributed by atoms with Crippen molar-refractivity contribution in [1.82, 2.24) is 0 Å². The minimum atomic E-state index is 0.152. The second-order valence-corrected chi connectivity index (χ2v) is 8.32. The Morgan fingerprint density at radius 1 is 1.00 bits per heavy atom. The van der Waals surface area contributed by atoms with Gasteiger partial charge in [-0.3, -0.25) is 0 Å². The molecule has 1 aromatic carbocycles. The Balaban J connectivity index is 1.97. The van der Waals surface area contributed by atoms with Gasteiger partial charge in [-0.2, -0.15) is 0 Å². The van der Waals surface area contributed by atoms with Crippen LogP contribution in [0.2, 0.25) is 0 Å². The zero-order valence-electron chi connectivity index (χ0n) is 14.2. The van der Waals surface area contributed by atoms with Crippen LogP contribution < -0.4 is 0 Å². The largest absolute Gasteiger partial charge is 0.0815 e. The zero-order valence-corrected chi connectivity index (χ0v) is 14.2. The second-order valence-electron chi connectivity index (χ2n) is 8.32. The average Bonchev–Trinajstić information content (AvgIpc) is 2.89. The van der Waals surface area contributed by atoms with Crippen molar-refractivity contribution in [3.8, 4) is 0 Å². The summed E-state index contributed by atoms with van der Waals surface area (Å²) in [6, 6.07) is 11.3. The molecular weight excluding hydrogens is 264 g/mol. The van der Waals surface area contributed by atoms with Crippen molar-refractivity contribution in [3.05, 3.63) is 59.7 Å². The molecule has 0 aliphatic heterocycles. The van der Waals surface area contributed by atoms with E-state index in [1.165, 1.54) is 37.7 Å². The fraction of sp³-hybridized carbons (Fsp3) is 0.545. The van der Waals surface area contributed by atoms with Crippen LogP contribution in [0.3, 0.4) is 0 Å². The first-order valence-corrected chi connectivity index (χ1v) is 9.01. The maximum atomic E-state index is 2.61. The van der Waals surface area contributed by atoms with Crippen LogP contribution in [-0.4, -0.2) is 0 Å². The highest BCUT2D eigenvalue weighted by atomic mass is 14.7. The zero-order chi connectivity index (χ0) is 15.4. The molecule has 1 aromatic rings. The van der Waals surface area contributed by atoms with Gasteiger partial charge in [0.05, 0.1) is 0 Å². The molecule has 2 fully saturated rings. The SMILES string of the molecule is CC(C)/C=C1\C[C@@]23C=C[C@]1(c1ccccc1)[C@@]2(C)CCCC3. The molecule has 22 heavy (non-hydrogen) atoms. The van der Waals surface area contributed by atoms with Gasteiger partial charge in [0.1, 0.15) is 0 Å². The minimum Gasteiger partial charge on any atom is -0.0815 e. The van der Waals surface area contributed by atoms with Crippen LogP contribution in [-0.2, 0) is 5.41 Å². The lowest BCUT2D eigenvalue weighted by Crippen LogP contribution is -2.44. The van der Waals surface area contributed by atoms with Crippen molar-refractivity contribution in [2.75, 3.05) is 0 Å². The van der Waals surface area contributed by atoms with Gasteiger partial charge < -0.3 is 0 Å². The van der Waals surface area contributed by atoms with Gasteiger partial charge in [0.2, 0.25) is 0 Å². The summed E-state index contributed by atoms with van der Waals surface area (Å²) in [6.07, 6.45) is 14.6. The van der Waals surface area contributed by atoms with E-state index in [4.69, 9.17) is 0 Å². The second kappa shape index (κ2) is 4.60. The predicted octanol–water partition coefficient (Wildman–Crippen LogP) is 6.05. The van der Waals surface area contributed by atoms with Crippen molar-refractivity contribution in [2.45, 2.75) is 58.3 Å². The molecule has 0 N–H and O–H groups in total. The molecule has 0 amide bonds. The van der Waals surface area contributed by atoms with E-state index in [1.807, 2.05) is 0 Å². The van der Waals surface area contributed by atoms with Crippen LogP contribution >= 0.6 is 0 Å². The molecule has 0 spiro atoms. The van der Waals surface area contributed by atoms with Crippen LogP contribution in [0.1, 0.15) is 58.4 Å². The van der Waals surface area contributed by atoms with Crippen molar-refractivity contribution in [2.24, 2.45) is 16.7 Å². The molecule has 2 saturated carbocycles. The smallest absolute Gasteiger partial charge is 0.0404 e. The van der Waals surface area contributed by atoms with Crippen LogP contribution in [0.5, 0.6) is 0 Å². The molecule has 3 aliphatic carbocycles. The Hall–Kier alpha value is -1.30. The van der Waals surface area contributed by atoms with E-state index in [9.17, 15) is 0 Å². The van der Waals surface area contributed by atoms with Crippen LogP contribution in [0, 0.1) is 16.7 Å². The molecule has 0 heteroatoms. The third-order valence-corrected chi connectivity index (χ3v) is 6.95. The summed E-state index contributed by atoms with van der Waals surface area (Å²) in [4.78, 5) is 0. The highest BCUT2D eigenvalue weighted by molar-refractivity contribution is 5.56. The third kappa shape index (κ3) is 1.54. The molecule has 3 aliphatic rings. The highest BCUT2D eigenvalue weighted by Crippen LogP contribution is 2.75. The van der Waals surface area contributed by atoms with Crippen molar-refractivity contribution >= 4 is 0 Å². The molecule has 4 rings (SSSR count). The van der Waals surface area contributed by atoms with E-state index in [2.05, 4.69) is 69.3 Å². The molecule has 2 bridgehead atoms. The molecule has 0 radical (unpaired) electrons. The molecular formula is C22H28. The van der Waals surface area contributed by atoms with E-state index in [0.29, 0.717) is 16.7 Å². The Bertz CT molecular complexity index is 635. The monoisotopic (exact) mass is 292 g/mol. The van der Waals surface area contributed by atoms with E-state index in [1.54, 1.807) is 5.57 Å². The van der Waals surface area contributed by atoms with Gasteiger partial charge in [0, 0.05) is 5.41 Å². The topological polar surface area (TPSA) is 0 Å². The molecule has 0 heterocycles. The van der Waals surface area contributed by atoms with E-state index < -0.39 is 0 Å². The van der Waals surface area contributed by atoms with Gasteiger partial charge >= 0.3 is 0 Å². The molecule has 3 atom stereocenters. The maximum Gasteiger partial charge on any atom is 0.0404 e. The predicted molar refractivity (Wildman–Crippen MR) is 93.8 cm³/mol. The maximum absolute atomic E-state index is 2.61. The number of hydrogen-bond donors (Lipinski definition) is 0. The summed E-state index contributed by atoms with van der Waals surface area (Å²) < 4.78 is 0. The lowest BCUT2D eigenvalue weighted by molar-refractivity contribution is 0.0594. The van der Waals surface area contributed by atoms with Crippen molar-refractivity contribution in [1.29, 1.82) is 0 Å².